The Kier molecular flexibility index (Phi) is 8.19. The molecular formula is C29H33F8N5O2. The summed E-state index contributed by atoms with van der Waals surface area (Å²) in [7, 11) is 0. The second kappa shape index (κ2) is 11.1. The van der Waals surface area contributed by atoms with Gasteiger partial charge in [-0.2, -0.15) is 31.6 Å². The van der Waals surface area contributed by atoms with Crippen LogP contribution in [0.2, 0.25) is 0 Å². The van der Waals surface area contributed by atoms with Gasteiger partial charge in [0.25, 0.3) is 5.92 Å². The van der Waals surface area contributed by atoms with Crippen LogP contribution in [0, 0.1) is 22.7 Å². The molecule has 2 aliphatic heterocycles. The summed E-state index contributed by atoms with van der Waals surface area (Å²) in [5.41, 5.74) is -6.90. The van der Waals surface area contributed by atoms with Crippen molar-refractivity contribution in [2.45, 2.75) is 75.4 Å². The number of nitriles is 1. The lowest BCUT2D eigenvalue weighted by molar-refractivity contribution is -0.199. The fourth-order valence-electron chi connectivity index (χ4n) is 6.26. The number of carbonyl (C=O) groups excluding carboxylic acids is 2. The molecule has 2 heterocycles. The number of likely N-dealkylation sites (tertiary alicyclic amines) is 1. The normalized spacial score (nSPS) is 25.4. The van der Waals surface area contributed by atoms with E-state index in [1.807, 2.05) is 17.9 Å². The highest BCUT2D eigenvalue weighted by atomic mass is 19.4. The van der Waals surface area contributed by atoms with E-state index in [4.69, 9.17) is 0 Å². The summed E-state index contributed by atoms with van der Waals surface area (Å²) in [4.78, 5) is 30.8. The van der Waals surface area contributed by atoms with Crippen molar-refractivity contribution in [3.63, 3.8) is 0 Å². The standard InChI is InChI=1S/C29H33F8N5O2/c1-2-40-9-11-41(12-10-40)15-18-3-4-20(21(13-18)28(32,33)34)27(30,31)19-14-22(23(43)39-25(17-38)5-6-25)42(16-19)24(44)26(7-8-26)29(35,36)37/h3-4,13,19,22H,2,5-12,14-16H2,1H3,(H,39,43)/t19?,22-/m0/s1. The molecule has 0 bridgehead atoms. The number of carbonyl (C=O) groups is 2. The average Bonchev–Trinajstić information content (AvgIpc) is 3.88. The number of nitrogens with zero attached hydrogens (tertiary/aromatic N) is 4. The number of piperazine rings is 1. The van der Waals surface area contributed by atoms with Crippen molar-refractivity contribution < 1.29 is 44.7 Å². The van der Waals surface area contributed by atoms with Gasteiger partial charge in [-0.1, -0.05) is 19.1 Å². The third-order valence-corrected chi connectivity index (χ3v) is 9.47. The minimum Gasteiger partial charge on any atom is -0.336 e. The first-order valence-corrected chi connectivity index (χ1v) is 14.6. The number of nitrogens with one attached hydrogen (secondary N) is 1. The first-order valence-electron chi connectivity index (χ1n) is 14.6. The Morgan fingerprint density at radius 2 is 1.57 bits per heavy atom. The second-order valence-electron chi connectivity index (χ2n) is 12.4. The molecule has 2 saturated heterocycles. The maximum Gasteiger partial charge on any atom is 0.416 e. The number of likely N-dealkylation sites (N-methyl/N-ethyl adjacent to an activating group) is 1. The van der Waals surface area contributed by atoms with Gasteiger partial charge < -0.3 is 15.1 Å². The largest absolute Gasteiger partial charge is 0.416 e. The van der Waals surface area contributed by atoms with Crippen molar-refractivity contribution in [2.75, 3.05) is 39.3 Å². The van der Waals surface area contributed by atoms with Crippen LogP contribution in [0.5, 0.6) is 0 Å². The van der Waals surface area contributed by atoms with Gasteiger partial charge in [-0.3, -0.25) is 14.5 Å². The Morgan fingerprint density at radius 1 is 0.955 bits per heavy atom. The van der Waals surface area contributed by atoms with Crippen LogP contribution in [0.4, 0.5) is 35.1 Å². The monoisotopic (exact) mass is 635 g/mol. The number of amides is 2. The van der Waals surface area contributed by atoms with E-state index in [1.165, 1.54) is 6.07 Å². The molecule has 1 aromatic carbocycles. The number of alkyl halides is 8. The molecule has 15 heteroatoms. The van der Waals surface area contributed by atoms with Gasteiger partial charge in [0.1, 0.15) is 17.0 Å². The van der Waals surface area contributed by atoms with E-state index < -0.39 is 89.9 Å². The summed E-state index contributed by atoms with van der Waals surface area (Å²) in [6, 6.07) is 2.59. The maximum absolute atomic E-state index is 16.1. The number of hydrogen-bond acceptors (Lipinski definition) is 5. The molecule has 1 aromatic rings. The Morgan fingerprint density at radius 3 is 2.07 bits per heavy atom. The summed E-state index contributed by atoms with van der Waals surface area (Å²) in [5.74, 6) is -8.98. The molecule has 5 rings (SSSR count). The lowest BCUT2D eigenvalue weighted by atomic mass is 9.88. The van der Waals surface area contributed by atoms with Crippen molar-refractivity contribution in [1.82, 2.24) is 20.0 Å². The lowest BCUT2D eigenvalue weighted by Crippen LogP contribution is -2.53. The predicted octanol–water partition coefficient (Wildman–Crippen LogP) is 4.67. The lowest BCUT2D eigenvalue weighted by Gasteiger charge is -2.34. The summed E-state index contributed by atoms with van der Waals surface area (Å²) in [6.07, 6.45) is -11.8. The minimum atomic E-state index is -5.18. The number of benzene rings is 1. The fraction of sp³-hybridized carbons (Fsp3) is 0.690. The van der Waals surface area contributed by atoms with Gasteiger partial charge in [-0.25, -0.2) is 8.78 Å². The molecule has 4 fully saturated rings. The first-order chi connectivity index (χ1) is 20.5. The summed E-state index contributed by atoms with van der Waals surface area (Å²) in [6.45, 7) is 4.51. The molecule has 1 N–H and O–H groups in total. The van der Waals surface area contributed by atoms with Crippen molar-refractivity contribution >= 4 is 11.8 Å². The molecule has 1 unspecified atom stereocenters. The van der Waals surface area contributed by atoms with Crippen LogP contribution in [0.25, 0.3) is 0 Å². The van der Waals surface area contributed by atoms with Gasteiger partial charge in [-0.15, -0.1) is 0 Å². The highest BCUT2D eigenvalue weighted by molar-refractivity contribution is 5.93. The smallest absolute Gasteiger partial charge is 0.336 e. The third kappa shape index (κ3) is 5.99. The minimum absolute atomic E-state index is 0.112. The zero-order valence-corrected chi connectivity index (χ0v) is 24.0. The van der Waals surface area contributed by atoms with Crippen molar-refractivity contribution in [1.29, 1.82) is 5.26 Å². The van der Waals surface area contributed by atoms with E-state index in [0.717, 1.165) is 19.6 Å². The van der Waals surface area contributed by atoms with Crippen molar-refractivity contribution in [3.05, 3.63) is 34.9 Å². The Balaban J connectivity index is 1.43. The summed E-state index contributed by atoms with van der Waals surface area (Å²) in [5, 5.41) is 11.7. The van der Waals surface area contributed by atoms with Crippen LogP contribution >= 0.6 is 0 Å². The van der Waals surface area contributed by atoms with Gasteiger partial charge >= 0.3 is 12.4 Å². The van der Waals surface area contributed by atoms with E-state index in [0.29, 0.717) is 30.1 Å². The quantitative estimate of drug-likeness (QED) is 0.421. The van der Waals surface area contributed by atoms with Gasteiger partial charge in [0.05, 0.1) is 11.6 Å². The third-order valence-electron chi connectivity index (χ3n) is 9.47. The second-order valence-corrected chi connectivity index (χ2v) is 12.4. The van der Waals surface area contributed by atoms with Gasteiger partial charge in [0, 0.05) is 50.7 Å². The molecule has 4 aliphatic rings. The zero-order chi connectivity index (χ0) is 32.3. The van der Waals surface area contributed by atoms with Gasteiger partial charge in [0.2, 0.25) is 11.8 Å². The number of halogens is 8. The van der Waals surface area contributed by atoms with E-state index in [9.17, 15) is 41.2 Å². The topological polar surface area (TPSA) is 79.7 Å². The maximum atomic E-state index is 16.1. The molecule has 0 radical (unpaired) electrons. The SMILES string of the molecule is CCN1CCN(Cc2ccc(C(F)(F)C3C[C@@H](C(=O)NC4(C#N)CC4)N(C(=O)C4(C(F)(F)F)CC4)C3)c(C(F)(F)F)c2)CC1. The molecule has 2 atom stereocenters. The number of hydrogen-bond donors (Lipinski definition) is 1. The van der Waals surface area contributed by atoms with E-state index in [-0.39, 0.29) is 24.9 Å². The predicted molar refractivity (Wildman–Crippen MR) is 140 cm³/mol. The average molecular weight is 636 g/mol. The molecule has 7 nitrogen and oxygen atoms in total. The van der Waals surface area contributed by atoms with E-state index in [1.54, 1.807) is 0 Å². The Labute approximate surface area is 249 Å². The highest BCUT2D eigenvalue weighted by Gasteiger charge is 2.71. The molecular weight excluding hydrogens is 602 g/mol. The number of rotatable bonds is 8. The van der Waals surface area contributed by atoms with E-state index >= 15 is 8.78 Å². The summed E-state index contributed by atoms with van der Waals surface area (Å²) >= 11 is 0. The van der Waals surface area contributed by atoms with Gasteiger partial charge in [0.15, 0.2) is 0 Å². The highest BCUT2D eigenvalue weighted by Crippen LogP contribution is 2.60. The Bertz CT molecular complexity index is 1320. The Hall–Kier alpha value is -2.99. The van der Waals surface area contributed by atoms with E-state index in [2.05, 4.69) is 10.2 Å². The van der Waals surface area contributed by atoms with Crippen LogP contribution in [0.15, 0.2) is 18.2 Å². The molecule has 242 valence electrons. The van der Waals surface area contributed by atoms with Crippen LogP contribution in [0.3, 0.4) is 0 Å². The molecule has 0 spiro atoms. The van der Waals surface area contributed by atoms with Crippen LogP contribution < -0.4 is 5.32 Å². The van der Waals surface area contributed by atoms with Crippen LogP contribution in [-0.4, -0.2) is 83.5 Å². The molecule has 0 aromatic heterocycles. The zero-order valence-electron chi connectivity index (χ0n) is 24.0. The van der Waals surface area contributed by atoms with Crippen LogP contribution in [-0.2, 0) is 28.2 Å². The fourth-order valence-corrected chi connectivity index (χ4v) is 6.26. The molecule has 2 aliphatic carbocycles. The van der Waals surface area contributed by atoms with Crippen LogP contribution in [0.1, 0.15) is 55.7 Å². The first kappa shape index (κ1) is 32.4. The van der Waals surface area contributed by atoms with Gasteiger partial charge in [-0.05, 0) is 50.3 Å². The molecule has 2 saturated carbocycles. The van der Waals surface area contributed by atoms with Crippen molar-refractivity contribution in [2.24, 2.45) is 11.3 Å². The van der Waals surface area contributed by atoms with Crippen molar-refractivity contribution in [3.8, 4) is 6.07 Å². The summed E-state index contributed by atoms with van der Waals surface area (Å²) < 4.78 is 116. The molecule has 2 amide bonds. The molecule has 44 heavy (non-hydrogen) atoms.